The molecule has 1 aliphatic rings. The predicted octanol–water partition coefficient (Wildman–Crippen LogP) is 4.17. The van der Waals surface area contributed by atoms with Crippen LogP contribution in [0.5, 0.6) is 11.5 Å². The molecule has 0 radical (unpaired) electrons. The highest BCUT2D eigenvalue weighted by Crippen LogP contribution is 2.49. The number of aromatic nitrogens is 1. The Balaban J connectivity index is 0.00000109. The first kappa shape index (κ1) is 18.7. The Kier molecular flexibility index (Phi) is 5.59. The van der Waals surface area contributed by atoms with E-state index in [0.29, 0.717) is 12.9 Å². The maximum absolute atomic E-state index is 14.2. The van der Waals surface area contributed by atoms with E-state index in [9.17, 15) is 22.7 Å². The number of hydrogen-bond acceptors (Lipinski definition) is 4. The van der Waals surface area contributed by atoms with Crippen molar-refractivity contribution in [2.24, 2.45) is 0 Å². The van der Waals surface area contributed by atoms with E-state index in [4.69, 9.17) is 10.00 Å². The Morgan fingerprint density at radius 2 is 1.88 bits per heavy atom. The third-order valence-electron chi connectivity index (χ3n) is 3.70. The van der Waals surface area contributed by atoms with Crippen LogP contribution in [0.2, 0.25) is 0 Å². The summed E-state index contributed by atoms with van der Waals surface area (Å²) in [6.07, 6.45) is -4.63. The van der Waals surface area contributed by atoms with Crippen molar-refractivity contribution in [2.45, 2.75) is 25.4 Å². The molecule has 0 spiro atoms. The molecule has 3 rings (SSSR count). The quantitative estimate of drug-likeness (QED) is 0.822. The molecule has 2 aromatic rings. The van der Waals surface area contributed by atoms with Crippen molar-refractivity contribution in [3.63, 3.8) is 0 Å². The number of aliphatic hydroxyl groups is 1. The lowest BCUT2D eigenvalue weighted by molar-refractivity contribution is 0.0462. The zero-order valence-electron chi connectivity index (χ0n) is 13.3. The fourth-order valence-corrected chi connectivity index (χ4v) is 2.65. The minimum atomic E-state index is -2.11. The fraction of sp³-hybridized carbons (Fsp3) is 0.294. The molecular formula is C17H14F4N2O2. The third-order valence-corrected chi connectivity index (χ3v) is 3.70. The number of aliphatic hydroxyl groups excluding tert-OH is 1. The molecule has 1 aliphatic carbocycles. The number of halogens is 4. The van der Waals surface area contributed by atoms with Gasteiger partial charge in [-0.25, -0.2) is 13.2 Å². The van der Waals surface area contributed by atoms with Gasteiger partial charge in [0.15, 0.2) is 18.1 Å². The molecule has 1 aromatic heterocycles. The standard InChI is InChI=1S/C16H11F3N2O2.CH3F/c1-7-12-13(14(18)15(19)16(12)22)11(6-21-7)23-10-3-8(5-20)2-9(17)4-10;1-2/h2-4,6,14-16,22H,1H3;1H3. The van der Waals surface area contributed by atoms with E-state index in [-0.39, 0.29) is 28.2 Å². The molecule has 8 heteroatoms. The van der Waals surface area contributed by atoms with Crippen molar-refractivity contribution < 1.29 is 27.4 Å². The van der Waals surface area contributed by atoms with E-state index in [1.54, 1.807) is 6.07 Å². The highest BCUT2D eigenvalue weighted by Gasteiger charge is 2.44. The van der Waals surface area contributed by atoms with Crippen LogP contribution in [-0.2, 0) is 0 Å². The van der Waals surface area contributed by atoms with Crippen molar-refractivity contribution in [1.82, 2.24) is 4.98 Å². The van der Waals surface area contributed by atoms with Crippen LogP contribution in [-0.4, -0.2) is 23.4 Å². The average Bonchev–Trinajstić information content (AvgIpc) is 2.84. The van der Waals surface area contributed by atoms with Gasteiger partial charge in [0, 0.05) is 22.9 Å². The molecule has 4 nitrogen and oxygen atoms in total. The second-order valence-corrected chi connectivity index (χ2v) is 5.22. The SMILES string of the molecule is CF.Cc1ncc(Oc2cc(F)cc(C#N)c2)c2c1C(O)C(F)C2F. The van der Waals surface area contributed by atoms with Gasteiger partial charge in [0.05, 0.1) is 25.0 Å². The second kappa shape index (κ2) is 7.49. The summed E-state index contributed by atoms with van der Waals surface area (Å²) in [5.41, 5.74) is 0.219. The second-order valence-electron chi connectivity index (χ2n) is 5.22. The molecule has 3 unspecified atom stereocenters. The summed E-state index contributed by atoms with van der Waals surface area (Å²) >= 11 is 0. The third kappa shape index (κ3) is 3.42. The van der Waals surface area contributed by atoms with Crippen molar-refractivity contribution in [3.8, 4) is 17.6 Å². The van der Waals surface area contributed by atoms with Gasteiger partial charge in [-0.05, 0) is 19.1 Å². The number of nitrogens with zero attached hydrogens (tertiary/aromatic N) is 2. The van der Waals surface area contributed by atoms with E-state index in [1.807, 2.05) is 0 Å². The summed E-state index contributed by atoms with van der Waals surface area (Å²) in [6.45, 7) is 1.52. The first-order chi connectivity index (χ1) is 11.9. The van der Waals surface area contributed by atoms with Crippen LogP contribution in [0.25, 0.3) is 0 Å². The smallest absolute Gasteiger partial charge is 0.165 e. The number of hydrogen-bond donors (Lipinski definition) is 1. The van der Waals surface area contributed by atoms with Gasteiger partial charge in [-0.2, -0.15) is 5.26 Å². The van der Waals surface area contributed by atoms with Crippen LogP contribution in [0.4, 0.5) is 17.6 Å². The molecule has 0 saturated carbocycles. The Hall–Kier alpha value is -2.66. The summed E-state index contributed by atoms with van der Waals surface area (Å²) in [5.74, 6) is -0.860. The van der Waals surface area contributed by atoms with Crippen molar-refractivity contribution in [3.05, 3.63) is 52.6 Å². The van der Waals surface area contributed by atoms with Gasteiger partial charge in [0.1, 0.15) is 17.7 Å². The topological polar surface area (TPSA) is 66.1 Å². The summed E-state index contributed by atoms with van der Waals surface area (Å²) < 4.78 is 56.3. The summed E-state index contributed by atoms with van der Waals surface area (Å²) in [7, 11) is 0.500. The van der Waals surface area contributed by atoms with Crippen LogP contribution in [0.1, 0.15) is 34.7 Å². The Bertz CT molecular complexity index is 823. The minimum absolute atomic E-state index is 0.0249. The predicted molar refractivity (Wildman–Crippen MR) is 80.9 cm³/mol. The Morgan fingerprint density at radius 3 is 2.52 bits per heavy atom. The average molecular weight is 354 g/mol. The monoisotopic (exact) mass is 354 g/mol. The molecule has 1 aromatic carbocycles. The maximum atomic E-state index is 14.2. The van der Waals surface area contributed by atoms with Gasteiger partial charge in [0.25, 0.3) is 0 Å². The number of pyridine rings is 1. The molecule has 0 aliphatic heterocycles. The van der Waals surface area contributed by atoms with E-state index >= 15 is 0 Å². The van der Waals surface area contributed by atoms with Gasteiger partial charge < -0.3 is 9.84 Å². The van der Waals surface area contributed by atoms with Gasteiger partial charge in [-0.1, -0.05) is 0 Å². The van der Waals surface area contributed by atoms with E-state index in [2.05, 4.69) is 4.98 Å². The van der Waals surface area contributed by atoms with Crippen LogP contribution < -0.4 is 4.74 Å². The Labute approximate surface area is 141 Å². The highest BCUT2D eigenvalue weighted by molar-refractivity contribution is 5.50. The summed E-state index contributed by atoms with van der Waals surface area (Å²) in [6, 6.07) is 5.06. The number of benzene rings is 1. The molecule has 132 valence electrons. The fourth-order valence-electron chi connectivity index (χ4n) is 2.65. The first-order valence-corrected chi connectivity index (χ1v) is 7.14. The number of ether oxygens (including phenoxy) is 1. The number of rotatable bonds is 2. The summed E-state index contributed by atoms with van der Waals surface area (Å²) in [5, 5.41) is 18.6. The lowest BCUT2D eigenvalue weighted by Crippen LogP contribution is -2.09. The van der Waals surface area contributed by atoms with Crippen LogP contribution in [0.3, 0.4) is 0 Å². The highest BCUT2D eigenvalue weighted by atomic mass is 19.2. The van der Waals surface area contributed by atoms with Crippen LogP contribution in [0, 0.1) is 24.1 Å². The molecule has 0 amide bonds. The zero-order chi connectivity index (χ0) is 18.7. The summed E-state index contributed by atoms with van der Waals surface area (Å²) in [4.78, 5) is 3.95. The molecule has 0 bridgehead atoms. The lowest BCUT2D eigenvalue weighted by Gasteiger charge is -2.13. The van der Waals surface area contributed by atoms with E-state index < -0.39 is 24.3 Å². The molecule has 1 heterocycles. The van der Waals surface area contributed by atoms with Crippen LogP contribution >= 0.6 is 0 Å². The maximum Gasteiger partial charge on any atom is 0.165 e. The molecule has 1 N–H and O–H groups in total. The van der Waals surface area contributed by atoms with Crippen molar-refractivity contribution in [2.75, 3.05) is 7.18 Å². The van der Waals surface area contributed by atoms with E-state index in [0.717, 1.165) is 12.1 Å². The van der Waals surface area contributed by atoms with Gasteiger partial charge in [-0.15, -0.1) is 0 Å². The van der Waals surface area contributed by atoms with Gasteiger partial charge >= 0.3 is 0 Å². The number of alkyl halides is 3. The number of fused-ring (bicyclic) bond motifs is 1. The van der Waals surface area contributed by atoms with Crippen molar-refractivity contribution >= 4 is 0 Å². The minimum Gasteiger partial charge on any atom is -0.455 e. The molecular weight excluding hydrogens is 340 g/mol. The van der Waals surface area contributed by atoms with Gasteiger partial charge in [-0.3, -0.25) is 9.37 Å². The van der Waals surface area contributed by atoms with E-state index in [1.165, 1.54) is 19.2 Å². The molecule has 3 atom stereocenters. The van der Waals surface area contributed by atoms with Crippen molar-refractivity contribution in [1.29, 1.82) is 5.26 Å². The largest absolute Gasteiger partial charge is 0.455 e. The first-order valence-electron chi connectivity index (χ1n) is 7.14. The normalized spacial score (nSPS) is 21.0. The number of nitriles is 1. The molecule has 0 fully saturated rings. The lowest BCUT2D eigenvalue weighted by atomic mass is 10.1. The van der Waals surface area contributed by atoms with Gasteiger partial charge in [0.2, 0.25) is 0 Å². The van der Waals surface area contributed by atoms with Crippen LogP contribution in [0.15, 0.2) is 24.4 Å². The Morgan fingerprint density at radius 1 is 1.20 bits per heavy atom. The molecule has 0 saturated heterocycles. The molecule has 25 heavy (non-hydrogen) atoms. The number of aryl methyl sites for hydroxylation is 1. The zero-order valence-corrected chi connectivity index (χ0v) is 13.3.